The average molecular weight is 498 g/mol. The molecule has 0 saturated heterocycles. The van der Waals surface area contributed by atoms with Gasteiger partial charge in [0.05, 0.1) is 17.5 Å². The number of aromatic nitrogens is 5. The first kappa shape index (κ1) is 24.2. The van der Waals surface area contributed by atoms with Crippen molar-refractivity contribution < 1.29 is 22.7 Å². The Kier molecular flexibility index (Phi) is 6.40. The van der Waals surface area contributed by atoms with E-state index in [0.717, 1.165) is 32.5 Å². The summed E-state index contributed by atoms with van der Waals surface area (Å²) in [6, 6.07) is 2.18. The quantitative estimate of drug-likeness (QED) is 0.533. The van der Waals surface area contributed by atoms with Gasteiger partial charge in [0.2, 0.25) is 11.7 Å². The van der Waals surface area contributed by atoms with Gasteiger partial charge in [-0.05, 0) is 26.3 Å². The van der Waals surface area contributed by atoms with Crippen LogP contribution in [-0.4, -0.2) is 49.3 Å². The molecule has 3 aromatic rings. The Morgan fingerprint density at radius 2 is 2.00 bits per heavy atom. The fourth-order valence-corrected chi connectivity index (χ4v) is 5.03. The summed E-state index contributed by atoms with van der Waals surface area (Å²) in [4.78, 5) is 24.4. The molecule has 0 saturated carbocycles. The number of alkyl halides is 3. The predicted molar refractivity (Wildman–Crippen MR) is 121 cm³/mol. The van der Waals surface area contributed by atoms with Gasteiger partial charge >= 0.3 is 12.2 Å². The van der Waals surface area contributed by atoms with E-state index in [0.29, 0.717) is 12.4 Å². The van der Waals surface area contributed by atoms with Gasteiger partial charge in [0.25, 0.3) is 0 Å². The number of thiophene rings is 1. The molecule has 1 aliphatic heterocycles. The Balaban J connectivity index is 1.66. The number of nitrogens with zero attached hydrogens (tertiary/aromatic N) is 6. The van der Waals surface area contributed by atoms with Crippen LogP contribution in [0.2, 0.25) is 0 Å². The van der Waals surface area contributed by atoms with E-state index in [2.05, 4.69) is 32.4 Å². The van der Waals surface area contributed by atoms with Crippen molar-refractivity contribution >= 4 is 33.3 Å². The Labute approximate surface area is 198 Å². The molecule has 13 heteroatoms. The lowest BCUT2D eigenvalue weighted by molar-refractivity contribution is -0.147. The van der Waals surface area contributed by atoms with Crippen LogP contribution < -0.4 is 15.0 Å². The molecule has 184 valence electrons. The second kappa shape index (κ2) is 9.01. The SMILES string of the molecule is CCCc1cc2c(N3CCn4c(nnc4C(F)(F)F)C3)nc(OCC(C)(C)NC(C)=O)nc2s1. The lowest BCUT2D eigenvalue weighted by Gasteiger charge is -2.29. The normalized spacial score (nSPS) is 14.4. The second-order valence-electron chi connectivity index (χ2n) is 8.88. The fraction of sp³-hybridized carbons (Fsp3) is 0.571. The number of halogens is 3. The number of hydrogen-bond donors (Lipinski definition) is 1. The first-order chi connectivity index (χ1) is 16.0. The predicted octanol–water partition coefficient (Wildman–Crippen LogP) is 3.57. The molecule has 0 aliphatic carbocycles. The minimum absolute atomic E-state index is 0.0837. The smallest absolute Gasteiger partial charge is 0.451 e. The number of carbonyl (C=O) groups is 1. The van der Waals surface area contributed by atoms with Crippen LogP contribution in [0.1, 0.15) is 50.6 Å². The topological polar surface area (TPSA) is 98.1 Å². The number of fused-ring (bicyclic) bond motifs is 2. The van der Waals surface area contributed by atoms with Crippen molar-refractivity contribution in [2.75, 3.05) is 18.1 Å². The standard InChI is InChI=1S/C21H26F3N7O2S/c1-5-6-13-9-14-16(30-7-8-31-15(10-30)28-29-18(31)21(22,23)24)25-19(26-17(14)34-13)33-11-20(3,4)27-12(2)32/h9H,5-8,10-11H2,1-4H3,(H,27,32). The van der Waals surface area contributed by atoms with E-state index in [1.54, 1.807) is 11.3 Å². The van der Waals surface area contributed by atoms with Crippen molar-refractivity contribution in [3.8, 4) is 6.01 Å². The summed E-state index contributed by atoms with van der Waals surface area (Å²) >= 11 is 1.54. The monoisotopic (exact) mass is 497 g/mol. The lowest BCUT2D eigenvalue weighted by Crippen LogP contribution is -2.47. The average Bonchev–Trinajstić information content (AvgIpc) is 3.34. The highest BCUT2D eigenvalue weighted by Gasteiger charge is 2.39. The van der Waals surface area contributed by atoms with Gasteiger partial charge in [-0.15, -0.1) is 21.5 Å². The van der Waals surface area contributed by atoms with Gasteiger partial charge in [0.15, 0.2) is 5.82 Å². The minimum Gasteiger partial charge on any atom is -0.461 e. The van der Waals surface area contributed by atoms with Gasteiger partial charge in [0, 0.05) is 24.9 Å². The van der Waals surface area contributed by atoms with Crippen LogP contribution in [0.3, 0.4) is 0 Å². The largest absolute Gasteiger partial charge is 0.461 e. The zero-order valence-corrected chi connectivity index (χ0v) is 20.2. The van der Waals surface area contributed by atoms with E-state index in [4.69, 9.17) is 4.74 Å². The van der Waals surface area contributed by atoms with Crippen molar-refractivity contribution in [1.82, 2.24) is 30.0 Å². The summed E-state index contributed by atoms with van der Waals surface area (Å²) in [5, 5.41) is 10.8. The summed E-state index contributed by atoms with van der Waals surface area (Å²) in [6.07, 6.45) is -2.70. The van der Waals surface area contributed by atoms with Gasteiger partial charge in [-0.25, -0.2) is 0 Å². The molecule has 4 rings (SSSR count). The Bertz CT molecular complexity index is 1210. The lowest BCUT2D eigenvalue weighted by atomic mass is 10.1. The maximum absolute atomic E-state index is 13.2. The fourth-order valence-electron chi connectivity index (χ4n) is 3.92. The number of carbonyl (C=O) groups excluding carboxylic acids is 1. The Hall–Kier alpha value is -2.96. The maximum atomic E-state index is 13.2. The van der Waals surface area contributed by atoms with Crippen LogP contribution in [0, 0.1) is 0 Å². The van der Waals surface area contributed by atoms with Crippen LogP contribution >= 0.6 is 11.3 Å². The molecule has 0 aromatic carbocycles. The summed E-state index contributed by atoms with van der Waals surface area (Å²) in [6.45, 7) is 7.84. The number of amides is 1. The molecule has 0 spiro atoms. The molecule has 0 fully saturated rings. The third-order valence-corrected chi connectivity index (χ3v) is 6.37. The molecule has 1 amide bonds. The maximum Gasteiger partial charge on any atom is 0.451 e. The summed E-state index contributed by atoms with van der Waals surface area (Å²) in [7, 11) is 0. The Morgan fingerprint density at radius 3 is 2.68 bits per heavy atom. The number of anilines is 1. The number of aryl methyl sites for hydroxylation is 1. The summed E-state index contributed by atoms with van der Waals surface area (Å²) < 4.78 is 46.7. The van der Waals surface area contributed by atoms with Gasteiger partial charge in [-0.3, -0.25) is 4.79 Å². The van der Waals surface area contributed by atoms with Crippen molar-refractivity contribution in [2.45, 2.75) is 65.3 Å². The number of nitrogens with one attached hydrogen (secondary N) is 1. The molecule has 0 bridgehead atoms. The zero-order chi connectivity index (χ0) is 24.7. The van der Waals surface area contributed by atoms with Crippen molar-refractivity contribution in [1.29, 1.82) is 0 Å². The highest BCUT2D eigenvalue weighted by Crippen LogP contribution is 2.36. The van der Waals surface area contributed by atoms with Gasteiger partial charge in [-0.1, -0.05) is 13.3 Å². The first-order valence-electron chi connectivity index (χ1n) is 10.9. The highest BCUT2D eigenvalue weighted by molar-refractivity contribution is 7.18. The van der Waals surface area contributed by atoms with E-state index in [9.17, 15) is 18.0 Å². The number of hydrogen-bond acceptors (Lipinski definition) is 8. The van der Waals surface area contributed by atoms with E-state index in [-0.39, 0.29) is 37.4 Å². The molecular weight excluding hydrogens is 471 g/mol. The van der Waals surface area contributed by atoms with E-state index in [1.165, 1.54) is 6.92 Å². The third kappa shape index (κ3) is 5.08. The molecule has 9 nitrogen and oxygen atoms in total. The second-order valence-corrected chi connectivity index (χ2v) is 9.99. The summed E-state index contributed by atoms with van der Waals surface area (Å²) in [5.41, 5.74) is -0.636. The molecule has 34 heavy (non-hydrogen) atoms. The highest BCUT2D eigenvalue weighted by atomic mass is 32.1. The molecule has 0 unspecified atom stereocenters. The van der Waals surface area contributed by atoms with Gasteiger partial charge in [-0.2, -0.15) is 23.1 Å². The van der Waals surface area contributed by atoms with Crippen molar-refractivity contribution in [3.63, 3.8) is 0 Å². The third-order valence-electron chi connectivity index (χ3n) is 5.28. The molecule has 0 radical (unpaired) electrons. The molecule has 3 aromatic heterocycles. The molecule has 1 aliphatic rings. The number of rotatable bonds is 7. The Morgan fingerprint density at radius 1 is 1.24 bits per heavy atom. The van der Waals surface area contributed by atoms with Crippen LogP contribution in [0.5, 0.6) is 6.01 Å². The molecule has 0 atom stereocenters. The molecular formula is C21H26F3N7O2S. The van der Waals surface area contributed by atoms with Crippen LogP contribution in [0.25, 0.3) is 10.2 Å². The van der Waals surface area contributed by atoms with Gasteiger partial charge < -0.3 is 19.5 Å². The molecule has 1 N–H and O–H groups in total. The van der Waals surface area contributed by atoms with Crippen LogP contribution in [0.4, 0.5) is 19.0 Å². The number of ether oxygens (including phenoxy) is 1. The van der Waals surface area contributed by atoms with E-state index < -0.39 is 17.5 Å². The zero-order valence-electron chi connectivity index (χ0n) is 19.4. The van der Waals surface area contributed by atoms with Crippen molar-refractivity contribution in [2.24, 2.45) is 0 Å². The summed E-state index contributed by atoms with van der Waals surface area (Å²) in [5.74, 6) is -0.355. The van der Waals surface area contributed by atoms with E-state index >= 15 is 0 Å². The molecule has 4 heterocycles. The van der Waals surface area contributed by atoms with Crippen molar-refractivity contribution in [3.05, 3.63) is 22.6 Å². The minimum atomic E-state index is -4.56. The van der Waals surface area contributed by atoms with Gasteiger partial charge in [0.1, 0.15) is 17.3 Å². The van der Waals surface area contributed by atoms with Crippen LogP contribution in [-0.2, 0) is 30.5 Å². The first-order valence-corrected chi connectivity index (χ1v) is 11.7. The van der Waals surface area contributed by atoms with Crippen LogP contribution in [0.15, 0.2) is 6.07 Å². The van der Waals surface area contributed by atoms with E-state index in [1.807, 2.05) is 24.8 Å².